The van der Waals surface area contributed by atoms with Gasteiger partial charge in [0.2, 0.25) is 0 Å². The predicted molar refractivity (Wildman–Crippen MR) is 100 cm³/mol. The van der Waals surface area contributed by atoms with Crippen LogP contribution in [0.4, 0.5) is 0 Å². The Morgan fingerprint density at radius 1 is 1.15 bits per heavy atom. The van der Waals surface area contributed by atoms with Gasteiger partial charge in [0, 0.05) is 24.2 Å². The molecule has 0 aliphatic carbocycles. The van der Waals surface area contributed by atoms with Crippen molar-refractivity contribution in [2.24, 2.45) is 0 Å². The first-order valence-electron chi connectivity index (χ1n) is 9.20. The number of piperidine rings is 1. The number of hydrogen-bond acceptors (Lipinski definition) is 7. The molecule has 7 nitrogen and oxygen atoms in total. The van der Waals surface area contributed by atoms with E-state index in [9.17, 15) is 0 Å². The van der Waals surface area contributed by atoms with Gasteiger partial charge in [0.1, 0.15) is 11.4 Å². The van der Waals surface area contributed by atoms with Crippen molar-refractivity contribution >= 4 is 0 Å². The molecule has 0 radical (unpaired) electrons. The van der Waals surface area contributed by atoms with Gasteiger partial charge in [-0.25, -0.2) is 4.98 Å². The van der Waals surface area contributed by atoms with Gasteiger partial charge in [-0.3, -0.25) is 9.88 Å². The number of methoxy groups -OCH3 is 1. The molecule has 1 fully saturated rings. The molecule has 3 heterocycles. The van der Waals surface area contributed by atoms with Crippen molar-refractivity contribution in [3.8, 4) is 17.3 Å². The van der Waals surface area contributed by atoms with Crippen LogP contribution in [-0.4, -0.2) is 45.2 Å². The number of rotatable bonds is 5. The van der Waals surface area contributed by atoms with Gasteiger partial charge < -0.3 is 9.26 Å². The van der Waals surface area contributed by atoms with Crippen LogP contribution in [0.2, 0.25) is 0 Å². The third kappa shape index (κ3) is 3.98. The molecule has 7 heteroatoms. The van der Waals surface area contributed by atoms with Gasteiger partial charge in [-0.05, 0) is 38.9 Å². The summed E-state index contributed by atoms with van der Waals surface area (Å²) >= 11 is 0. The topological polar surface area (TPSA) is 77.2 Å². The zero-order chi connectivity index (χ0) is 18.6. The van der Waals surface area contributed by atoms with E-state index in [1.807, 2.05) is 19.1 Å². The van der Waals surface area contributed by atoms with Gasteiger partial charge >= 0.3 is 0 Å². The van der Waals surface area contributed by atoms with Crippen LogP contribution in [0.3, 0.4) is 0 Å². The first-order valence-corrected chi connectivity index (χ1v) is 9.20. The third-order valence-corrected chi connectivity index (χ3v) is 4.98. The molecule has 1 aromatic carbocycles. The summed E-state index contributed by atoms with van der Waals surface area (Å²) in [6.45, 7) is 4.79. The molecule has 0 saturated carbocycles. The number of likely N-dealkylation sites (tertiary alicyclic amines) is 1. The van der Waals surface area contributed by atoms with Gasteiger partial charge in [0.05, 0.1) is 19.0 Å². The van der Waals surface area contributed by atoms with Crippen LogP contribution in [0.1, 0.15) is 35.8 Å². The van der Waals surface area contributed by atoms with Crippen LogP contribution in [0.5, 0.6) is 5.75 Å². The second kappa shape index (κ2) is 7.84. The maximum atomic E-state index is 5.46. The highest BCUT2D eigenvalue weighted by atomic mass is 16.5. The Bertz CT molecular complexity index is 885. The minimum atomic E-state index is 0.315. The monoisotopic (exact) mass is 365 g/mol. The van der Waals surface area contributed by atoms with Crippen LogP contribution in [0.15, 0.2) is 41.2 Å². The fourth-order valence-corrected chi connectivity index (χ4v) is 3.43. The molecule has 3 aromatic rings. The number of aryl methyl sites for hydroxylation is 1. The Kier molecular flexibility index (Phi) is 5.11. The fourth-order valence-electron chi connectivity index (χ4n) is 3.43. The van der Waals surface area contributed by atoms with Crippen molar-refractivity contribution < 1.29 is 9.26 Å². The second-order valence-corrected chi connectivity index (χ2v) is 6.86. The summed E-state index contributed by atoms with van der Waals surface area (Å²) in [7, 11) is 1.72. The number of aromatic nitrogens is 4. The fraction of sp³-hybridized carbons (Fsp3) is 0.400. The van der Waals surface area contributed by atoms with Gasteiger partial charge in [0.15, 0.2) is 5.82 Å². The van der Waals surface area contributed by atoms with Gasteiger partial charge in [0.25, 0.3) is 5.89 Å². The quantitative estimate of drug-likeness (QED) is 0.687. The first-order chi connectivity index (χ1) is 13.2. The molecule has 1 aliphatic rings. The summed E-state index contributed by atoms with van der Waals surface area (Å²) in [5, 5.41) is 4.18. The summed E-state index contributed by atoms with van der Waals surface area (Å²) in [4.78, 5) is 15.5. The normalized spacial score (nSPS) is 15.8. The number of ether oxygens (including phenoxy) is 1. The number of benzene rings is 1. The van der Waals surface area contributed by atoms with E-state index in [4.69, 9.17) is 9.26 Å². The highest BCUT2D eigenvalue weighted by molar-refractivity contribution is 5.44. The average molecular weight is 365 g/mol. The Balaban J connectivity index is 1.37. The Hall–Kier alpha value is -2.80. The number of hydrogen-bond donors (Lipinski definition) is 0. The molecule has 1 aliphatic heterocycles. The maximum absolute atomic E-state index is 5.46. The number of nitrogens with zero attached hydrogens (tertiary/aromatic N) is 5. The molecular formula is C20H23N5O2. The largest absolute Gasteiger partial charge is 0.496 e. The van der Waals surface area contributed by atoms with E-state index in [0.29, 0.717) is 17.5 Å². The molecule has 0 N–H and O–H groups in total. The standard InChI is InChI=1S/C20H23N5O2/c1-14-11-22-17(12-21-14)20-23-19(24-27-20)15-7-9-25(10-8-15)13-16-5-3-4-6-18(16)26-2/h3-6,11-12,15H,7-10,13H2,1-2H3. The van der Waals surface area contributed by atoms with E-state index in [2.05, 4.69) is 37.1 Å². The number of para-hydroxylation sites is 1. The summed E-state index contributed by atoms with van der Waals surface area (Å²) in [5.41, 5.74) is 2.70. The van der Waals surface area contributed by atoms with E-state index in [-0.39, 0.29) is 0 Å². The van der Waals surface area contributed by atoms with Crippen molar-refractivity contribution in [3.05, 3.63) is 53.7 Å². The van der Waals surface area contributed by atoms with Crippen LogP contribution >= 0.6 is 0 Å². The Labute approximate surface area is 158 Å². The highest BCUT2D eigenvalue weighted by Crippen LogP contribution is 2.29. The minimum absolute atomic E-state index is 0.315. The molecule has 0 bridgehead atoms. The smallest absolute Gasteiger partial charge is 0.278 e. The van der Waals surface area contributed by atoms with Crippen LogP contribution in [0, 0.1) is 6.92 Å². The van der Waals surface area contributed by atoms with Crippen LogP contribution in [0.25, 0.3) is 11.6 Å². The van der Waals surface area contributed by atoms with Gasteiger partial charge in [-0.2, -0.15) is 4.98 Å². The predicted octanol–water partition coefficient (Wildman–Crippen LogP) is 3.22. The second-order valence-electron chi connectivity index (χ2n) is 6.86. The summed E-state index contributed by atoms with van der Waals surface area (Å²) < 4.78 is 10.9. The molecule has 4 rings (SSSR count). The van der Waals surface area contributed by atoms with Gasteiger partial charge in [-0.15, -0.1) is 0 Å². The molecule has 140 valence electrons. The summed E-state index contributed by atoms with van der Waals surface area (Å²) in [5.74, 6) is 2.47. The third-order valence-electron chi connectivity index (χ3n) is 4.98. The van der Waals surface area contributed by atoms with Crippen LogP contribution < -0.4 is 4.74 Å². The van der Waals surface area contributed by atoms with Crippen LogP contribution in [-0.2, 0) is 6.54 Å². The van der Waals surface area contributed by atoms with Crippen molar-refractivity contribution in [2.45, 2.75) is 32.2 Å². The SMILES string of the molecule is COc1ccccc1CN1CCC(c2noc(-c3cnc(C)cn3)n2)CC1. The molecule has 0 spiro atoms. The molecule has 0 unspecified atom stereocenters. The van der Waals surface area contributed by atoms with E-state index >= 15 is 0 Å². The van der Waals surface area contributed by atoms with Crippen molar-refractivity contribution in [3.63, 3.8) is 0 Å². The molecule has 27 heavy (non-hydrogen) atoms. The average Bonchev–Trinajstić information content (AvgIpc) is 3.20. The zero-order valence-corrected chi connectivity index (χ0v) is 15.6. The lowest BCUT2D eigenvalue weighted by atomic mass is 9.96. The first kappa shape index (κ1) is 17.6. The van der Waals surface area contributed by atoms with E-state index in [1.165, 1.54) is 5.56 Å². The molecule has 2 aromatic heterocycles. The lowest BCUT2D eigenvalue weighted by Crippen LogP contribution is -2.32. The summed E-state index contributed by atoms with van der Waals surface area (Å²) in [6, 6.07) is 8.19. The summed E-state index contributed by atoms with van der Waals surface area (Å²) in [6.07, 6.45) is 5.39. The van der Waals surface area contributed by atoms with Gasteiger partial charge in [-0.1, -0.05) is 23.4 Å². The zero-order valence-electron chi connectivity index (χ0n) is 15.6. The van der Waals surface area contributed by atoms with E-state index in [1.54, 1.807) is 19.5 Å². The molecule has 0 amide bonds. The van der Waals surface area contributed by atoms with Crippen molar-refractivity contribution in [1.82, 2.24) is 25.0 Å². The van der Waals surface area contributed by atoms with E-state index < -0.39 is 0 Å². The Morgan fingerprint density at radius 2 is 1.96 bits per heavy atom. The van der Waals surface area contributed by atoms with Crippen molar-refractivity contribution in [1.29, 1.82) is 0 Å². The van der Waals surface area contributed by atoms with E-state index in [0.717, 1.165) is 49.7 Å². The highest BCUT2D eigenvalue weighted by Gasteiger charge is 2.25. The maximum Gasteiger partial charge on any atom is 0.278 e. The lowest BCUT2D eigenvalue weighted by Gasteiger charge is -2.30. The molecule has 1 saturated heterocycles. The van der Waals surface area contributed by atoms with Crippen molar-refractivity contribution in [2.75, 3.05) is 20.2 Å². The lowest BCUT2D eigenvalue weighted by molar-refractivity contribution is 0.198. The molecule has 0 atom stereocenters. The minimum Gasteiger partial charge on any atom is -0.496 e. The molecular weight excluding hydrogens is 342 g/mol. The Morgan fingerprint density at radius 3 is 2.70 bits per heavy atom.